The Kier molecular flexibility index (Phi) is 5.32. The van der Waals surface area contributed by atoms with E-state index in [9.17, 15) is 9.59 Å². The summed E-state index contributed by atoms with van der Waals surface area (Å²) in [6.45, 7) is 5.63. The minimum atomic E-state index is -0.968. The molecule has 0 aliphatic heterocycles. The number of anilines is 1. The van der Waals surface area contributed by atoms with E-state index in [1.807, 2.05) is 61.0 Å². The van der Waals surface area contributed by atoms with Gasteiger partial charge in [-0.2, -0.15) is 5.10 Å². The van der Waals surface area contributed by atoms with Crippen molar-refractivity contribution in [3.05, 3.63) is 66.0 Å². The molecule has 1 aliphatic rings. The molecule has 1 fully saturated rings. The van der Waals surface area contributed by atoms with Crippen LogP contribution in [0.5, 0.6) is 0 Å². The third-order valence-corrected chi connectivity index (χ3v) is 5.99. The predicted octanol–water partition coefficient (Wildman–Crippen LogP) is 5.23. The fraction of sp³-hybridized carbons (Fsp3) is 0.308. The second-order valence-electron chi connectivity index (χ2n) is 8.85. The van der Waals surface area contributed by atoms with Crippen molar-refractivity contribution in [2.75, 3.05) is 5.32 Å². The third kappa shape index (κ3) is 4.06. The van der Waals surface area contributed by atoms with Crippen LogP contribution in [-0.2, 0) is 9.53 Å². The minimum absolute atomic E-state index is 0.110. The molecule has 1 amide bonds. The summed E-state index contributed by atoms with van der Waals surface area (Å²) in [7, 11) is 0. The molecular weight excluding hydrogens is 416 g/mol. The maximum atomic E-state index is 13.1. The average molecular weight is 443 g/mol. The van der Waals surface area contributed by atoms with Crippen LogP contribution in [0.2, 0.25) is 0 Å². The Morgan fingerprint density at radius 1 is 1.06 bits per heavy atom. The molecule has 7 heteroatoms. The second kappa shape index (κ2) is 8.31. The number of hydrogen-bond acceptors (Lipinski definition) is 5. The molecule has 0 spiro atoms. The first kappa shape index (κ1) is 21.1. The lowest BCUT2D eigenvalue weighted by atomic mass is 10.1. The van der Waals surface area contributed by atoms with Gasteiger partial charge in [-0.3, -0.25) is 4.79 Å². The minimum Gasteiger partial charge on any atom is -0.449 e. The van der Waals surface area contributed by atoms with Gasteiger partial charge in [-0.15, -0.1) is 0 Å². The van der Waals surface area contributed by atoms with Crippen LogP contribution in [0.4, 0.5) is 5.69 Å². The van der Waals surface area contributed by atoms with E-state index < -0.39 is 12.1 Å². The molecule has 1 atom stereocenters. The monoisotopic (exact) mass is 442 g/mol. The van der Waals surface area contributed by atoms with Gasteiger partial charge in [-0.05, 0) is 51.1 Å². The molecular formula is C26H26N4O3. The molecule has 1 aliphatic carbocycles. The Bertz CT molecular complexity index is 1370. The van der Waals surface area contributed by atoms with Gasteiger partial charge in [0.05, 0.1) is 17.1 Å². The fourth-order valence-corrected chi connectivity index (χ4v) is 4.02. The summed E-state index contributed by atoms with van der Waals surface area (Å²) < 4.78 is 7.41. The van der Waals surface area contributed by atoms with Crippen molar-refractivity contribution in [2.45, 2.75) is 51.7 Å². The molecule has 1 saturated carbocycles. The van der Waals surface area contributed by atoms with Gasteiger partial charge in [-0.1, -0.05) is 36.4 Å². The lowest BCUT2D eigenvalue weighted by molar-refractivity contribution is -0.123. The number of nitrogens with one attached hydrogen (secondary N) is 1. The fourth-order valence-electron chi connectivity index (χ4n) is 4.02. The summed E-state index contributed by atoms with van der Waals surface area (Å²) in [6.07, 6.45) is 2.81. The highest BCUT2D eigenvalue weighted by molar-refractivity contribution is 6.06. The highest BCUT2D eigenvalue weighted by atomic mass is 16.5. The Morgan fingerprint density at radius 3 is 2.58 bits per heavy atom. The quantitative estimate of drug-likeness (QED) is 0.414. The van der Waals surface area contributed by atoms with Gasteiger partial charge in [0, 0.05) is 28.7 Å². The highest BCUT2D eigenvalue weighted by Crippen LogP contribution is 2.40. The summed E-state index contributed by atoms with van der Waals surface area (Å²) in [4.78, 5) is 30.8. The zero-order valence-corrected chi connectivity index (χ0v) is 18.9. The van der Waals surface area contributed by atoms with Crippen LogP contribution in [0.15, 0.2) is 54.7 Å². The Balaban J connectivity index is 1.39. The molecule has 0 radical (unpaired) electrons. The molecule has 1 unspecified atom stereocenters. The third-order valence-electron chi connectivity index (χ3n) is 5.99. The van der Waals surface area contributed by atoms with Crippen LogP contribution in [0, 0.1) is 0 Å². The Hall–Kier alpha value is -3.74. The Morgan fingerprint density at radius 2 is 1.82 bits per heavy atom. The number of hydrogen-bond donors (Lipinski definition) is 1. The lowest BCUT2D eigenvalue weighted by Gasteiger charge is -2.15. The molecule has 4 aromatic rings. The van der Waals surface area contributed by atoms with Crippen LogP contribution < -0.4 is 5.32 Å². The van der Waals surface area contributed by atoms with Crippen molar-refractivity contribution >= 4 is 39.4 Å². The second-order valence-corrected chi connectivity index (χ2v) is 8.85. The van der Waals surface area contributed by atoms with Crippen LogP contribution in [0.3, 0.4) is 0 Å². The summed E-state index contributed by atoms with van der Waals surface area (Å²) >= 11 is 0. The van der Waals surface area contributed by atoms with Gasteiger partial charge in [0.1, 0.15) is 0 Å². The van der Waals surface area contributed by atoms with E-state index in [-0.39, 0.29) is 11.9 Å². The van der Waals surface area contributed by atoms with Crippen LogP contribution in [0.25, 0.3) is 21.8 Å². The van der Waals surface area contributed by atoms with Crippen LogP contribution in [-0.4, -0.2) is 32.7 Å². The summed E-state index contributed by atoms with van der Waals surface area (Å²) in [5.41, 5.74) is 2.64. The number of fused-ring (bicyclic) bond motifs is 2. The van der Waals surface area contributed by atoms with Crippen molar-refractivity contribution < 1.29 is 14.3 Å². The topological polar surface area (TPSA) is 86.1 Å². The summed E-state index contributed by atoms with van der Waals surface area (Å²) in [5, 5.41) is 9.91. The van der Waals surface area contributed by atoms with Crippen molar-refractivity contribution in [2.24, 2.45) is 0 Å². The largest absolute Gasteiger partial charge is 0.449 e. The first-order chi connectivity index (χ1) is 15.9. The molecule has 0 bridgehead atoms. The maximum absolute atomic E-state index is 13.1. The molecule has 2 heterocycles. The number of rotatable bonds is 6. The summed E-state index contributed by atoms with van der Waals surface area (Å²) in [6, 6.07) is 15.4. The van der Waals surface area contributed by atoms with E-state index in [1.54, 1.807) is 19.2 Å². The van der Waals surface area contributed by atoms with E-state index >= 15 is 0 Å². The van der Waals surface area contributed by atoms with E-state index in [0.717, 1.165) is 29.3 Å². The molecule has 0 saturated heterocycles. The van der Waals surface area contributed by atoms with Crippen LogP contribution >= 0.6 is 0 Å². The number of carbonyl (C=O) groups excluding carboxylic acids is 2. The normalized spacial score (nSPS) is 14.5. The summed E-state index contributed by atoms with van der Waals surface area (Å²) in [5.74, 6) is -0.568. The van der Waals surface area contributed by atoms with Gasteiger partial charge in [0.2, 0.25) is 0 Å². The number of benzene rings is 2. The van der Waals surface area contributed by atoms with Gasteiger partial charge < -0.3 is 10.1 Å². The number of amides is 1. The average Bonchev–Trinajstić information content (AvgIpc) is 3.57. The number of pyridine rings is 1. The lowest BCUT2D eigenvalue weighted by Crippen LogP contribution is -2.30. The van der Waals surface area contributed by atoms with Crippen molar-refractivity contribution in [3.63, 3.8) is 0 Å². The standard InChI is InChI=1S/C26H26N4O3/c1-15(2)30-24-21(14-27-30)20(13-23(28-24)18-11-12-18)26(32)33-16(3)25(31)29-22-10-6-8-17-7-4-5-9-19(17)22/h4-10,13-16,18H,11-12H2,1-3H3,(H,29,31). The number of carbonyl (C=O) groups is 2. The van der Waals surface area contributed by atoms with E-state index in [4.69, 9.17) is 9.72 Å². The van der Waals surface area contributed by atoms with E-state index in [0.29, 0.717) is 28.2 Å². The smallest absolute Gasteiger partial charge is 0.339 e. The number of nitrogens with zero attached hydrogens (tertiary/aromatic N) is 3. The molecule has 7 nitrogen and oxygen atoms in total. The van der Waals surface area contributed by atoms with Crippen molar-refractivity contribution in [1.82, 2.24) is 14.8 Å². The van der Waals surface area contributed by atoms with Crippen molar-refractivity contribution in [1.29, 1.82) is 0 Å². The zero-order chi connectivity index (χ0) is 23.1. The van der Waals surface area contributed by atoms with Gasteiger partial charge >= 0.3 is 5.97 Å². The molecule has 1 N–H and O–H groups in total. The molecule has 168 valence electrons. The molecule has 33 heavy (non-hydrogen) atoms. The van der Waals surface area contributed by atoms with Crippen molar-refractivity contribution in [3.8, 4) is 0 Å². The van der Waals surface area contributed by atoms with Gasteiger partial charge in [-0.25, -0.2) is 14.5 Å². The maximum Gasteiger partial charge on any atom is 0.339 e. The number of esters is 1. The first-order valence-corrected chi connectivity index (χ1v) is 11.3. The van der Waals surface area contributed by atoms with E-state index in [1.165, 1.54) is 0 Å². The SMILES string of the molecule is CC(OC(=O)c1cc(C2CC2)nc2c1cnn2C(C)C)C(=O)Nc1cccc2ccccc12. The predicted molar refractivity (Wildman–Crippen MR) is 127 cm³/mol. The van der Waals surface area contributed by atoms with Gasteiger partial charge in [0.15, 0.2) is 11.8 Å². The Labute approximate surface area is 191 Å². The molecule has 5 rings (SSSR count). The zero-order valence-electron chi connectivity index (χ0n) is 18.9. The van der Waals surface area contributed by atoms with E-state index in [2.05, 4.69) is 10.4 Å². The highest BCUT2D eigenvalue weighted by Gasteiger charge is 2.29. The first-order valence-electron chi connectivity index (χ1n) is 11.3. The molecule has 2 aromatic heterocycles. The van der Waals surface area contributed by atoms with Crippen LogP contribution in [0.1, 0.15) is 61.6 Å². The van der Waals surface area contributed by atoms with Gasteiger partial charge in [0.25, 0.3) is 5.91 Å². The number of ether oxygens (including phenoxy) is 1. The number of aromatic nitrogens is 3. The molecule has 2 aromatic carbocycles.